The first-order valence-electron chi connectivity index (χ1n) is 3.79. The van der Waals surface area contributed by atoms with Crippen LogP contribution >= 0.6 is 22.6 Å². The Hall–Kier alpha value is 0.690. The molecule has 1 saturated heterocycles. The van der Waals surface area contributed by atoms with Crippen LogP contribution in [0.4, 0.5) is 0 Å². The first kappa shape index (κ1) is 8.78. The second-order valence-corrected chi connectivity index (χ2v) is 4.30. The third-order valence-corrected chi connectivity index (χ3v) is 3.04. The fourth-order valence-electron chi connectivity index (χ4n) is 1.35. The Morgan fingerprint density at radius 2 is 2.10 bits per heavy atom. The first-order chi connectivity index (χ1) is 4.72. The molecule has 0 aromatic rings. The van der Waals surface area contributed by atoms with Crippen LogP contribution in [-0.4, -0.2) is 29.0 Å². The number of rotatable bonds is 3. The van der Waals surface area contributed by atoms with Gasteiger partial charge in [0.05, 0.1) is 0 Å². The molecule has 2 heteroatoms. The van der Waals surface area contributed by atoms with E-state index in [1.165, 1.54) is 30.0 Å². The van der Waals surface area contributed by atoms with Crippen LogP contribution in [0.25, 0.3) is 0 Å². The minimum absolute atomic E-state index is 0.986. The zero-order valence-corrected chi connectivity index (χ0v) is 8.89. The fourth-order valence-corrected chi connectivity index (χ4v) is 1.91. The molecule has 0 spiro atoms. The molecule has 1 fully saturated rings. The molecule has 59 valence electrons. The monoisotopic (exact) mass is 252 g/mol. The molecule has 0 aromatic heterocycles. The zero-order chi connectivity index (χ0) is 7.56. The molecule has 0 atom stereocenters. The van der Waals surface area contributed by atoms with E-state index >= 15 is 0 Å². The van der Waals surface area contributed by atoms with Crippen molar-refractivity contribution >= 4 is 22.6 Å². The van der Waals surface area contributed by atoms with Crippen molar-refractivity contribution in [2.75, 3.05) is 24.1 Å². The van der Waals surface area contributed by atoms with Gasteiger partial charge in [-0.1, -0.05) is 36.4 Å². The third kappa shape index (κ3) is 2.38. The fraction of sp³-hybridized carbons (Fsp3) is 0.875. The SMILES string of the molecule is C[C](C)CN1CC(CI)C1. The Morgan fingerprint density at radius 1 is 1.50 bits per heavy atom. The van der Waals surface area contributed by atoms with Crippen molar-refractivity contribution in [3.05, 3.63) is 5.92 Å². The van der Waals surface area contributed by atoms with E-state index in [-0.39, 0.29) is 0 Å². The number of likely N-dealkylation sites (tertiary alicyclic amines) is 1. The molecule has 1 rings (SSSR count). The van der Waals surface area contributed by atoms with Crippen LogP contribution < -0.4 is 0 Å². The summed E-state index contributed by atoms with van der Waals surface area (Å²) in [5.74, 6) is 2.52. The summed E-state index contributed by atoms with van der Waals surface area (Å²) in [6, 6.07) is 0. The molecule has 0 saturated carbocycles. The molecule has 1 heterocycles. The average molecular weight is 252 g/mol. The van der Waals surface area contributed by atoms with Crippen molar-refractivity contribution in [1.29, 1.82) is 0 Å². The second kappa shape index (κ2) is 3.90. The normalized spacial score (nSPS) is 21.6. The molecule has 0 aromatic carbocycles. The van der Waals surface area contributed by atoms with Crippen molar-refractivity contribution in [1.82, 2.24) is 4.90 Å². The minimum Gasteiger partial charge on any atom is -0.302 e. The van der Waals surface area contributed by atoms with Gasteiger partial charge in [0, 0.05) is 24.1 Å². The van der Waals surface area contributed by atoms with Gasteiger partial charge in [0.25, 0.3) is 0 Å². The van der Waals surface area contributed by atoms with E-state index in [1.807, 2.05) is 0 Å². The Balaban J connectivity index is 2.03. The zero-order valence-electron chi connectivity index (χ0n) is 6.73. The predicted molar refractivity (Wildman–Crippen MR) is 53.4 cm³/mol. The van der Waals surface area contributed by atoms with Gasteiger partial charge >= 0.3 is 0 Å². The van der Waals surface area contributed by atoms with Crippen LogP contribution in [0.1, 0.15) is 13.8 Å². The van der Waals surface area contributed by atoms with E-state index in [4.69, 9.17) is 0 Å². The van der Waals surface area contributed by atoms with Crippen molar-refractivity contribution < 1.29 is 0 Å². The number of hydrogen-bond donors (Lipinski definition) is 0. The maximum Gasteiger partial charge on any atom is 0.00481 e. The predicted octanol–water partition coefficient (Wildman–Crippen LogP) is 1.97. The summed E-state index contributed by atoms with van der Waals surface area (Å²) in [6.45, 7) is 8.28. The second-order valence-electron chi connectivity index (χ2n) is 3.42. The highest BCUT2D eigenvalue weighted by Gasteiger charge is 2.25. The Labute approximate surface area is 77.3 Å². The smallest absolute Gasteiger partial charge is 0.00481 e. The molecule has 0 bridgehead atoms. The van der Waals surface area contributed by atoms with Gasteiger partial charge in [-0.2, -0.15) is 0 Å². The van der Waals surface area contributed by atoms with Gasteiger partial charge in [-0.15, -0.1) is 0 Å². The Morgan fingerprint density at radius 3 is 2.50 bits per heavy atom. The third-order valence-electron chi connectivity index (χ3n) is 1.79. The van der Waals surface area contributed by atoms with E-state index in [2.05, 4.69) is 41.3 Å². The Bertz CT molecular complexity index is 97.4. The minimum atomic E-state index is 0.986. The summed E-state index contributed by atoms with van der Waals surface area (Å²) < 4.78 is 1.33. The van der Waals surface area contributed by atoms with E-state index in [1.54, 1.807) is 0 Å². The van der Waals surface area contributed by atoms with E-state index in [0.717, 1.165) is 5.92 Å². The maximum atomic E-state index is 2.51. The average Bonchev–Trinajstić information content (AvgIpc) is 1.76. The lowest BCUT2D eigenvalue weighted by molar-refractivity contribution is 0.124. The lowest BCUT2D eigenvalue weighted by Gasteiger charge is -2.39. The standard InChI is InChI=1S/C8H15IN/c1-7(2)4-10-5-8(3-9)6-10/h8H,3-6H2,1-2H3. The van der Waals surface area contributed by atoms with Gasteiger partial charge in [-0.05, 0) is 11.8 Å². The highest BCUT2D eigenvalue weighted by atomic mass is 127. The summed E-state index contributed by atoms with van der Waals surface area (Å²) in [5, 5.41) is 0. The van der Waals surface area contributed by atoms with Crippen LogP contribution in [0.15, 0.2) is 0 Å². The van der Waals surface area contributed by atoms with Crippen LogP contribution in [0.3, 0.4) is 0 Å². The number of halogens is 1. The largest absolute Gasteiger partial charge is 0.302 e. The summed E-state index contributed by atoms with van der Waals surface area (Å²) in [4.78, 5) is 2.51. The number of hydrogen-bond acceptors (Lipinski definition) is 1. The van der Waals surface area contributed by atoms with Gasteiger partial charge in [0.2, 0.25) is 0 Å². The molecule has 0 N–H and O–H groups in total. The molecule has 0 amide bonds. The number of alkyl halides is 1. The molecule has 1 nitrogen and oxygen atoms in total. The molecule has 10 heavy (non-hydrogen) atoms. The van der Waals surface area contributed by atoms with Gasteiger partial charge < -0.3 is 4.90 Å². The molecule has 1 aliphatic rings. The quantitative estimate of drug-likeness (QED) is 0.548. The van der Waals surface area contributed by atoms with E-state index < -0.39 is 0 Å². The van der Waals surface area contributed by atoms with Crippen molar-refractivity contribution in [3.8, 4) is 0 Å². The molecule has 1 aliphatic heterocycles. The van der Waals surface area contributed by atoms with E-state index in [0.29, 0.717) is 0 Å². The van der Waals surface area contributed by atoms with Gasteiger partial charge in [-0.25, -0.2) is 0 Å². The summed E-state index contributed by atoms with van der Waals surface area (Å²) in [5.41, 5.74) is 0. The summed E-state index contributed by atoms with van der Waals surface area (Å²) in [7, 11) is 0. The molecule has 1 radical (unpaired) electrons. The highest BCUT2D eigenvalue weighted by molar-refractivity contribution is 14.1. The van der Waals surface area contributed by atoms with E-state index in [9.17, 15) is 0 Å². The van der Waals surface area contributed by atoms with Gasteiger partial charge in [0.1, 0.15) is 0 Å². The number of nitrogens with zero attached hydrogens (tertiary/aromatic N) is 1. The van der Waals surface area contributed by atoms with Gasteiger partial charge in [-0.3, -0.25) is 0 Å². The molecule has 0 unspecified atom stereocenters. The maximum absolute atomic E-state index is 2.51. The van der Waals surface area contributed by atoms with Crippen LogP contribution in [0.2, 0.25) is 0 Å². The Kier molecular flexibility index (Phi) is 3.43. The van der Waals surface area contributed by atoms with Crippen LogP contribution in [-0.2, 0) is 0 Å². The first-order valence-corrected chi connectivity index (χ1v) is 5.32. The molecular weight excluding hydrogens is 237 g/mol. The van der Waals surface area contributed by atoms with Crippen LogP contribution in [0.5, 0.6) is 0 Å². The lowest BCUT2D eigenvalue weighted by Crippen LogP contribution is -2.48. The summed E-state index contributed by atoms with van der Waals surface area (Å²) in [6.07, 6.45) is 0. The van der Waals surface area contributed by atoms with Gasteiger partial charge in [0.15, 0.2) is 0 Å². The highest BCUT2D eigenvalue weighted by Crippen LogP contribution is 2.18. The molecule has 0 aliphatic carbocycles. The van der Waals surface area contributed by atoms with Crippen LogP contribution in [0, 0.1) is 11.8 Å². The van der Waals surface area contributed by atoms with Crippen molar-refractivity contribution in [2.45, 2.75) is 13.8 Å². The van der Waals surface area contributed by atoms with Crippen molar-refractivity contribution in [3.63, 3.8) is 0 Å². The summed E-state index contributed by atoms with van der Waals surface area (Å²) >= 11 is 2.47. The lowest BCUT2D eigenvalue weighted by atomic mass is 10.0. The topological polar surface area (TPSA) is 3.24 Å². The molecular formula is C8H15IN. The van der Waals surface area contributed by atoms with Crippen molar-refractivity contribution in [2.24, 2.45) is 5.92 Å².